The molecule has 2 aromatic heterocycles. The summed E-state index contributed by atoms with van der Waals surface area (Å²) in [5, 5.41) is 20.3. The van der Waals surface area contributed by atoms with E-state index in [1.807, 2.05) is 32.4 Å². The van der Waals surface area contributed by atoms with Gasteiger partial charge in [0.05, 0.1) is 31.0 Å². The van der Waals surface area contributed by atoms with E-state index in [-0.39, 0.29) is 36.8 Å². The predicted octanol–water partition coefficient (Wildman–Crippen LogP) is 2.83. The summed E-state index contributed by atoms with van der Waals surface area (Å²) < 4.78 is 39.0. The van der Waals surface area contributed by atoms with Gasteiger partial charge in [-0.1, -0.05) is 0 Å². The zero-order chi connectivity index (χ0) is 25.1. The van der Waals surface area contributed by atoms with Crippen molar-refractivity contribution in [3.8, 4) is 6.07 Å². The Bertz CT molecular complexity index is 1140. The molecule has 1 aliphatic heterocycles. The van der Waals surface area contributed by atoms with Crippen molar-refractivity contribution in [1.82, 2.24) is 24.2 Å². The van der Waals surface area contributed by atoms with Gasteiger partial charge in [-0.15, -0.1) is 0 Å². The summed E-state index contributed by atoms with van der Waals surface area (Å²) in [6, 6.07) is 2.17. The van der Waals surface area contributed by atoms with Crippen molar-refractivity contribution in [3.05, 3.63) is 12.7 Å². The summed E-state index contributed by atoms with van der Waals surface area (Å²) in [6.07, 6.45) is 0.110. The zero-order valence-corrected chi connectivity index (χ0v) is 21.1. The standard InChI is InChI=1S/C22H31FN7O4P/c1-12(2)30(13(3)4)35(32-7-5-6-24)34-22-9-14-8-21(14,31)20(22)33-19(16(22)23)29-11-28-15-17(25)26-10-27-18(15)29/h10-14,16,19-20,31H,5,7-9H2,1-4H3,(H2,25,26,27)/t14-,16+,19+,20+,21+,22-,35?/m0/s1. The summed E-state index contributed by atoms with van der Waals surface area (Å²) in [4.78, 5) is 12.4. The average molecular weight is 508 g/mol. The van der Waals surface area contributed by atoms with Crippen molar-refractivity contribution in [2.45, 2.75) is 88.7 Å². The van der Waals surface area contributed by atoms with Crippen LogP contribution in [0.2, 0.25) is 0 Å². The van der Waals surface area contributed by atoms with Gasteiger partial charge < -0.3 is 24.6 Å². The second-order valence-electron chi connectivity index (χ2n) is 10.1. The van der Waals surface area contributed by atoms with E-state index in [4.69, 9.17) is 24.8 Å². The van der Waals surface area contributed by atoms with Gasteiger partial charge in [-0.25, -0.2) is 24.0 Å². The molecule has 1 saturated heterocycles. The van der Waals surface area contributed by atoms with Crippen LogP contribution in [0, 0.1) is 17.2 Å². The van der Waals surface area contributed by atoms with Gasteiger partial charge in [0.2, 0.25) is 0 Å². The van der Waals surface area contributed by atoms with Crippen LogP contribution in [0.15, 0.2) is 12.7 Å². The second-order valence-corrected chi connectivity index (χ2v) is 11.5. The number of nitrogen functional groups attached to an aromatic ring is 1. The summed E-state index contributed by atoms with van der Waals surface area (Å²) in [6.45, 7) is 8.23. The van der Waals surface area contributed by atoms with E-state index in [2.05, 4.69) is 21.0 Å². The van der Waals surface area contributed by atoms with E-state index < -0.39 is 38.2 Å². The van der Waals surface area contributed by atoms with Crippen molar-refractivity contribution < 1.29 is 23.3 Å². The number of hydrogen-bond donors (Lipinski definition) is 2. The highest BCUT2D eigenvalue weighted by atomic mass is 31.2. The fraction of sp³-hybridized carbons (Fsp3) is 0.727. The van der Waals surface area contributed by atoms with Gasteiger partial charge in [0.1, 0.15) is 23.5 Å². The van der Waals surface area contributed by atoms with Crippen molar-refractivity contribution in [1.29, 1.82) is 5.26 Å². The molecule has 0 spiro atoms. The Balaban J connectivity index is 1.51. The predicted molar refractivity (Wildman–Crippen MR) is 125 cm³/mol. The van der Waals surface area contributed by atoms with Crippen LogP contribution in [-0.2, 0) is 13.8 Å². The summed E-state index contributed by atoms with van der Waals surface area (Å²) in [7, 11) is -1.75. The molecular formula is C22H31FN7O4P. The Morgan fingerprint density at radius 3 is 2.77 bits per heavy atom. The van der Waals surface area contributed by atoms with Crippen LogP contribution in [0.3, 0.4) is 0 Å². The molecule has 0 radical (unpaired) electrons. The van der Waals surface area contributed by atoms with Crippen LogP contribution in [0.25, 0.3) is 11.2 Å². The lowest BCUT2D eigenvalue weighted by atomic mass is 9.91. The Morgan fingerprint density at radius 2 is 2.09 bits per heavy atom. The maximum absolute atomic E-state index is 16.6. The molecule has 0 bridgehead atoms. The van der Waals surface area contributed by atoms with E-state index in [0.717, 1.165) is 0 Å². The zero-order valence-electron chi connectivity index (χ0n) is 20.2. The average Bonchev–Trinajstić information content (AvgIpc) is 3.07. The minimum Gasteiger partial charge on any atom is -0.387 e. The van der Waals surface area contributed by atoms with Gasteiger partial charge in [-0.3, -0.25) is 4.57 Å². The maximum atomic E-state index is 16.6. The van der Waals surface area contributed by atoms with Gasteiger partial charge in [-0.2, -0.15) is 5.26 Å². The van der Waals surface area contributed by atoms with E-state index in [0.29, 0.717) is 24.0 Å². The van der Waals surface area contributed by atoms with Gasteiger partial charge in [0.25, 0.3) is 8.53 Å². The Morgan fingerprint density at radius 1 is 1.34 bits per heavy atom. The molecule has 3 aliphatic rings. The number of imidazole rings is 1. The van der Waals surface area contributed by atoms with E-state index in [1.54, 1.807) is 0 Å². The molecule has 3 heterocycles. The summed E-state index contributed by atoms with van der Waals surface area (Å²) in [5.41, 5.74) is 4.04. The molecular weight excluding hydrogens is 476 g/mol. The van der Waals surface area contributed by atoms with Crippen LogP contribution in [0.5, 0.6) is 0 Å². The van der Waals surface area contributed by atoms with Gasteiger partial charge in [-0.05, 0) is 46.5 Å². The van der Waals surface area contributed by atoms with E-state index in [9.17, 15) is 5.11 Å². The van der Waals surface area contributed by atoms with Gasteiger partial charge in [0, 0.05) is 12.1 Å². The number of ether oxygens (including phenoxy) is 1. The van der Waals surface area contributed by atoms with Crippen LogP contribution in [0.4, 0.5) is 10.2 Å². The molecule has 190 valence electrons. The summed E-state index contributed by atoms with van der Waals surface area (Å²) >= 11 is 0. The number of anilines is 1. The first-order valence-electron chi connectivity index (χ1n) is 11.9. The van der Waals surface area contributed by atoms with Crippen molar-refractivity contribution in [3.63, 3.8) is 0 Å². The van der Waals surface area contributed by atoms with E-state index >= 15 is 4.39 Å². The lowest BCUT2D eigenvalue weighted by Gasteiger charge is -2.42. The number of nitrogens with zero attached hydrogens (tertiary/aromatic N) is 6. The molecule has 5 rings (SSSR count). The molecule has 2 aliphatic carbocycles. The first-order chi connectivity index (χ1) is 16.6. The lowest BCUT2D eigenvalue weighted by molar-refractivity contribution is -0.102. The normalized spacial score (nSPS) is 34.5. The largest absolute Gasteiger partial charge is 0.387 e. The minimum atomic E-state index is -1.75. The monoisotopic (exact) mass is 507 g/mol. The van der Waals surface area contributed by atoms with Crippen molar-refractivity contribution in [2.75, 3.05) is 12.3 Å². The Hall–Kier alpha value is -2.00. The number of nitriles is 1. The smallest absolute Gasteiger partial charge is 0.260 e. The quantitative estimate of drug-likeness (QED) is 0.384. The molecule has 0 aromatic carbocycles. The fourth-order valence-electron chi connectivity index (χ4n) is 5.59. The number of fused-ring (bicyclic) bond motifs is 4. The molecule has 1 unspecified atom stereocenters. The third kappa shape index (κ3) is 3.80. The van der Waals surface area contributed by atoms with Gasteiger partial charge in [0.15, 0.2) is 23.9 Å². The van der Waals surface area contributed by atoms with Crippen molar-refractivity contribution >= 4 is 25.5 Å². The molecule has 13 heteroatoms. The summed E-state index contributed by atoms with van der Waals surface area (Å²) in [5.74, 6) is 0.0832. The number of aliphatic hydroxyl groups is 1. The third-order valence-corrected chi connectivity index (χ3v) is 9.35. The van der Waals surface area contributed by atoms with Crippen LogP contribution in [0.1, 0.15) is 53.2 Å². The first kappa shape index (κ1) is 24.7. The molecule has 2 saturated carbocycles. The highest BCUT2D eigenvalue weighted by molar-refractivity contribution is 7.44. The molecule has 3 fully saturated rings. The molecule has 7 atom stereocenters. The minimum absolute atomic E-state index is 0.0468. The lowest BCUT2D eigenvalue weighted by Crippen LogP contribution is -2.50. The molecule has 0 amide bonds. The number of halogens is 1. The van der Waals surface area contributed by atoms with Crippen LogP contribution < -0.4 is 5.73 Å². The van der Waals surface area contributed by atoms with Crippen LogP contribution in [-0.4, -0.2) is 71.5 Å². The number of hydrogen-bond acceptors (Lipinski definition) is 10. The Labute approximate surface area is 204 Å². The molecule has 3 N–H and O–H groups in total. The number of nitrogens with two attached hydrogens (primary N) is 1. The van der Waals surface area contributed by atoms with E-state index in [1.165, 1.54) is 17.2 Å². The SMILES string of the molecule is CC(C)N(C(C)C)P(OCCC#N)O[C@]12C[C@@H]3C[C@]3(O)[C@H]1O[C@@H](n1cnc3c(N)ncnc31)[C@H]2F. The molecule has 2 aromatic rings. The molecule has 11 nitrogen and oxygen atoms in total. The highest BCUT2D eigenvalue weighted by Gasteiger charge is 2.80. The number of alkyl halides is 1. The first-order valence-corrected chi connectivity index (χ1v) is 13.0. The maximum Gasteiger partial charge on any atom is 0.260 e. The third-order valence-electron chi connectivity index (χ3n) is 7.15. The molecule has 35 heavy (non-hydrogen) atoms. The Kier molecular flexibility index (Phi) is 6.23. The van der Waals surface area contributed by atoms with Crippen molar-refractivity contribution in [2.24, 2.45) is 5.92 Å². The van der Waals surface area contributed by atoms with Crippen LogP contribution >= 0.6 is 8.53 Å². The second kappa shape index (κ2) is 8.83. The topological polar surface area (TPSA) is 145 Å². The number of rotatable bonds is 9. The number of aromatic nitrogens is 4. The van der Waals surface area contributed by atoms with Gasteiger partial charge >= 0.3 is 0 Å². The highest BCUT2D eigenvalue weighted by Crippen LogP contribution is 2.70. The fourth-order valence-corrected chi connectivity index (χ4v) is 7.43.